The van der Waals surface area contributed by atoms with E-state index >= 15 is 0 Å². The van der Waals surface area contributed by atoms with E-state index in [9.17, 15) is 9.90 Å². The standard InChI is InChI=1S/C13H16BrNO2/c1-9-10(4-2-5-11(9)14)12(16)15-8-13(17)6-3-7-13/h2,4-5,17H,3,6-8H2,1H3,(H,15,16). The Labute approximate surface area is 109 Å². The van der Waals surface area contributed by atoms with Gasteiger partial charge >= 0.3 is 0 Å². The van der Waals surface area contributed by atoms with Crippen LogP contribution in [0.2, 0.25) is 0 Å². The summed E-state index contributed by atoms with van der Waals surface area (Å²) in [5, 5.41) is 12.7. The Bertz CT molecular complexity index is 441. The van der Waals surface area contributed by atoms with Crippen molar-refractivity contribution in [1.29, 1.82) is 0 Å². The molecule has 0 radical (unpaired) electrons. The van der Waals surface area contributed by atoms with E-state index in [-0.39, 0.29) is 5.91 Å². The van der Waals surface area contributed by atoms with Gasteiger partial charge in [0.15, 0.2) is 0 Å². The van der Waals surface area contributed by atoms with E-state index in [0.29, 0.717) is 12.1 Å². The van der Waals surface area contributed by atoms with Crippen LogP contribution in [0, 0.1) is 6.92 Å². The summed E-state index contributed by atoms with van der Waals surface area (Å²) in [6, 6.07) is 5.54. The first-order valence-corrected chi connectivity index (χ1v) is 6.57. The van der Waals surface area contributed by atoms with Crippen molar-refractivity contribution in [3.05, 3.63) is 33.8 Å². The monoisotopic (exact) mass is 297 g/mol. The molecular weight excluding hydrogens is 282 g/mol. The molecule has 0 atom stereocenters. The van der Waals surface area contributed by atoms with Crippen molar-refractivity contribution in [2.24, 2.45) is 0 Å². The first kappa shape index (κ1) is 12.6. The van der Waals surface area contributed by atoms with Gasteiger partial charge < -0.3 is 10.4 Å². The Hall–Kier alpha value is -0.870. The van der Waals surface area contributed by atoms with Gasteiger partial charge in [0.1, 0.15) is 0 Å². The van der Waals surface area contributed by atoms with Crippen molar-refractivity contribution < 1.29 is 9.90 Å². The number of nitrogens with one attached hydrogen (secondary N) is 1. The van der Waals surface area contributed by atoms with E-state index in [1.165, 1.54) is 0 Å². The molecule has 1 aliphatic rings. The van der Waals surface area contributed by atoms with E-state index in [1.807, 2.05) is 19.1 Å². The van der Waals surface area contributed by atoms with Gasteiger partial charge in [-0.3, -0.25) is 4.79 Å². The lowest BCUT2D eigenvalue weighted by molar-refractivity contribution is -0.0300. The summed E-state index contributed by atoms with van der Waals surface area (Å²) in [7, 11) is 0. The minimum atomic E-state index is -0.671. The molecule has 0 unspecified atom stereocenters. The molecule has 2 rings (SSSR count). The van der Waals surface area contributed by atoms with Crippen molar-refractivity contribution in [1.82, 2.24) is 5.32 Å². The summed E-state index contributed by atoms with van der Waals surface area (Å²) < 4.78 is 0.924. The Morgan fingerprint density at radius 3 is 2.82 bits per heavy atom. The zero-order valence-corrected chi connectivity index (χ0v) is 11.4. The van der Waals surface area contributed by atoms with Crippen molar-refractivity contribution >= 4 is 21.8 Å². The predicted molar refractivity (Wildman–Crippen MR) is 70.0 cm³/mol. The van der Waals surface area contributed by atoms with Gasteiger partial charge in [-0.05, 0) is 43.9 Å². The highest BCUT2D eigenvalue weighted by molar-refractivity contribution is 9.10. The molecule has 0 saturated heterocycles. The lowest BCUT2D eigenvalue weighted by atomic mass is 9.80. The highest BCUT2D eigenvalue weighted by Crippen LogP contribution is 2.30. The normalized spacial score (nSPS) is 17.4. The molecule has 1 saturated carbocycles. The van der Waals surface area contributed by atoms with Crippen LogP contribution in [0.5, 0.6) is 0 Å². The molecule has 1 aliphatic carbocycles. The van der Waals surface area contributed by atoms with Crippen molar-refractivity contribution in [2.45, 2.75) is 31.8 Å². The summed E-state index contributed by atoms with van der Waals surface area (Å²) >= 11 is 3.40. The lowest BCUT2D eigenvalue weighted by Gasteiger charge is -2.36. The maximum atomic E-state index is 12.0. The molecule has 3 nitrogen and oxygen atoms in total. The molecule has 2 N–H and O–H groups in total. The van der Waals surface area contributed by atoms with Gasteiger partial charge in [0.25, 0.3) is 5.91 Å². The average Bonchev–Trinajstić information content (AvgIpc) is 2.27. The maximum absolute atomic E-state index is 12.0. The zero-order chi connectivity index (χ0) is 12.5. The van der Waals surface area contributed by atoms with Gasteiger partial charge in [-0.15, -0.1) is 0 Å². The first-order chi connectivity index (χ1) is 8.02. The Morgan fingerprint density at radius 1 is 1.53 bits per heavy atom. The molecule has 0 aromatic heterocycles. The van der Waals surface area contributed by atoms with Gasteiger partial charge in [-0.1, -0.05) is 22.0 Å². The van der Waals surface area contributed by atoms with E-state index in [0.717, 1.165) is 29.3 Å². The van der Waals surface area contributed by atoms with E-state index < -0.39 is 5.60 Å². The van der Waals surface area contributed by atoms with Gasteiger partial charge in [0, 0.05) is 16.6 Å². The Kier molecular flexibility index (Phi) is 3.54. The quantitative estimate of drug-likeness (QED) is 0.900. The second-order valence-electron chi connectivity index (χ2n) is 4.67. The van der Waals surface area contributed by atoms with Crippen LogP contribution in [0.25, 0.3) is 0 Å². The fourth-order valence-corrected chi connectivity index (χ4v) is 2.32. The van der Waals surface area contributed by atoms with Crippen LogP contribution in [0.3, 0.4) is 0 Å². The van der Waals surface area contributed by atoms with Gasteiger partial charge in [0.2, 0.25) is 0 Å². The van der Waals surface area contributed by atoms with Crippen molar-refractivity contribution in [2.75, 3.05) is 6.54 Å². The molecule has 1 amide bonds. The number of benzene rings is 1. The zero-order valence-electron chi connectivity index (χ0n) is 9.79. The molecular formula is C13H16BrNO2. The molecule has 1 aromatic rings. The molecule has 92 valence electrons. The molecule has 1 fully saturated rings. The van der Waals surface area contributed by atoms with E-state index in [2.05, 4.69) is 21.2 Å². The van der Waals surface area contributed by atoms with Crippen LogP contribution in [0.1, 0.15) is 35.2 Å². The predicted octanol–water partition coefficient (Wildman–Crippen LogP) is 2.40. The highest BCUT2D eigenvalue weighted by atomic mass is 79.9. The number of halogens is 1. The van der Waals surface area contributed by atoms with Crippen LogP contribution in [0.15, 0.2) is 22.7 Å². The smallest absolute Gasteiger partial charge is 0.251 e. The number of carbonyl (C=O) groups is 1. The van der Waals surface area contributed by atoms with E-state index in [1.54, 1.807) is 6.07 Å². The number of hydrogen-bond acceptors (Lipinski definition) is 2. The molecule has 1 aromatic carbocycles. The van der Waals surface area contributed by atoms with Crippen molar-refractivity contribution in [3.8, 4) is 0 Å². The van der Waals surface area contributed by atoms with Crippen LogP contribution < -0.4 is 5.32 Å². The third-order valence-electron chi connectivity index (χ3n) is 3.37. The fraction of sp³-hybridized carbons (Fsp3) is 0.462. The summed E-state index contributed by atoms with van der Waals surface area (Å²) in [4.78, 5) is 12.0. The summed E-state index contributed by atoms with van der Waals surface area (Å²) in [6.07, 6.45) is 2.61. The number of amides is 1. The molecule has 0 spiro atoms. The van der Waals surface area contributed by atoms with Crippen LogP contribution in [-0.2, 0) is 0 Å². The third-order valence-corrected chi connectivity index (χ3v) is 4.23. The molecule has 0 heterocycles. The van der Waals surface area contributed by atoms with Gasteiger partial charge in [0.05, 0.1) is 5.60 Å². The number of aliphatic hydroxyl groups is 1. The second-order valence-corrected chi connectivity index (χ2v) is 5.53. The SMILES string of the molecule is Cc1c(Br)cccc1C(=O)NCC1(O)CCC1. The maximum Gasteiger partial charge on any atom is 0.251 e. The molecule has 4 heteroatoms. The average molecular weight is 298 g/mol. The van der Waals surface area contributed by atoms with Crippen molar-refractivity contribution in [3.63, 3.8) is 0 Å². The van der Waals surface area contributed by atoms with E-state index in [4.69, 9.17) is 0 Å². The van der Waals surface area contributed by atoms with Gasteiger partial charge in [-0.25, -0.2) is 0 Å². The third kappa shape index (κ3) is 2.69. The summed E-state index contributed by atoms with van der Waals surface area (Å²) in [6.45, 7) is 2.24. The largest absolute Gasteiger partial charge is 0.388 e. The lowest BCUT2D eigenvalue weighted by Crippen LogP contribution is -2.47. The highest BCUT2D eigenvalue weighted by Gasteiger charge is 2.34. The topological polar surface area (TPSA) is 49.3 Å². The number of hydrogen-bond donors (Lipinski definition) is 2. The number of rotatable bonds is 3. The van der Waals surface area contributed by atoms with Crippen LogP contribution in [0.4, 0.5) is 0 Å². The first-order valence-electron chi connectivity index (χ1n) is 5.77. The van der Waals surface area contributed by atoms with Crippen LogP contribution in [-0.4, -0.2) is 23.2 Å². The molecule has 17 heavy (non-hydrogen) atoms. The molecule has 0 aliphatic heterocycles. The summed E-state index contributed by atoms with van der Waals surface area (Å²) in [5.41, 5.74) is 0.906. The second kappa shape index (κ2) is 4.78. The minimum absolute atomic E-state index is 0.121. The van der Waals surface area contributed by atoms with Crippen LogP contribution >= 0.6 is 15.9 Å². The minimum Gasteiger partial charge on any atom is -0.388 e. The molecule has 0 bridgehead atoms. The number of carbonyl (C=O) groups excluding carboxylic acids is 1. The van der Waals surface area contributed by atoms with Gasteiger partial charge in [-0.2, -0.15) is 0 Å². The summed E-state index contributed by atoms with van der Waals surface area (Å²) in [5.74, 6) is -0.121. The Balaban J connectivity index is 2.02. The fourth-order valence-electron chi connectivity index (χ4n) is 1.96. The Morgan fingerprint density at radius 2 is 2.24 bits per heavy atom.